The molecule has 1 N–H and O–H groups in total. The lowest BCUT2D eigenvalue weighted by Gasteiger charge is -2.39. The summed E-state index contributed by atoms with van der Waals surface area (Å²) < 4.78 is 0. The van der Waals surface area contributed by atoms with Crippen LogP contribution >= 0.6 is 0 Å². The SMILES string of the molecule is CCC1C(=O)NC(C)C(=O)N1CC(C)c1ccccc1. The first-order chi connectivity index (χ1) is 9.54. The molecule has 1 heterocycles. The van der Waals surface area contributed by atoms with E-state index in [1.54, 1.807) is 11.8 Å². The van der Waals surface area contributed by atoms with Crippen LogP contribution in [-0.4, -0.2) is 35.3 Å². The zero-order chi connectivity index (χ0) is 14.7. The van der Waals surface area contributed by atoms with Crippen molar-refractivity contribution < 1.29 is 9.59 Å². The summed E-state index contributed by atoms with van der Waals surface area (Å²) in [6, 6.07) is 9.32. The third-order valence-electron chi connectivity index (χ3n) is 3.92. The molecule has 3 unspecified atom stereocenters. The summed E-state index contributed by atoms with van der Waals surface area (Å²) >= 11 is 0. The van der Waals surface area contributed by atoms with Crippen molar-refractivity contribution in [3.63, 3.8) is 0 Å². The number of benzene rings is 1. The summed E-state index contributed by atoms with van der Waals surface area (Å²) in [6.07, 6.45) is 0.645. The molecule has 2 amide bonds. The summed E-state index contributed by atoms with van der Waals surface area (Å²) in [6.45, 7) is 6.35. The number of nitrogens with one attached hydrogen (secondary N) is 1. The summed E-state index contributed by atoms with van der Waals surface area (Å²) in [5.74, 6) is 0.186. The highest BCUT2D eigenvalue weighted by Crippen LogP contribution is 2.21. The number of piperazine rings is 1. The maximum Gasteiger partial charge on any atom is 0.245 e. The smallest absolute Gasteiger partial charge is 0.245 e. The van der Waals surface area contributed by atoms with Crippen LogP contribution in [0.3, 0.4) is 0 Å². The zero-order valence-electron chi connectivity index (χ0n) is 12.3. The van der Waals surface area contributed by atoms with E-state index in [1.807, 2.05) is 25.1 Å². The molecule has 0 bridgehead atoms. The predicted molar refractivity (Wildman–Crippen MR) is 78.3 cm³/mol. The van der Waals surface area contributed by atoms with Gasteiger partial charge >= 0.3 is 0 Å². The number of carbonyl (C=O) groups is 2. The predicted octanol–water partition coefficient (Wildman–Crippen LogP) is 1.92. The first-order valence-corrected chi connectivity index (χ1v) is 7.20. The lowest BCUT2D eigenvalue weighted by Crippen LogP contribution is -2.62. The molecule has 1 aliphatic rings. The van der Waals surface area contributed by atoms with Gasteiger partial charge in [0.05, 0.1) is 0 Å². The van der Waals surface area contributed by atoms with E-state index >= 15 is 0 Å². The van der Waals surface area contributed by atoms with E-state index in [2.05, 4.69) is 24.4 Å². The van der Waals surface area contributed by atoms with Crippen LogP contribution < -0.4 is 5.32 Å². The van der Waals surface area contributed by atoms with E-state index in [4.69, 9.17) is 0 Å². The molecule has 4 nitrogen and oxygen atoms in total. The van der Waals surface area contributed by atoms with Gasteiger partial charge < -0.3 is 10.2 Å². The third kappa shape index (κ3) is 2.84. The number of hydrogen-bond donors (Lipinski definition) is 1. The van der Waals surface area contributed by atoms with Crippen molar-refractivity contribution in [1.82, 2.24) is 10.2 Å². The molecule has 4 heteroatoms. The average Bonchev–Trinajstić information content (AvgIpc) is 2.45. The van der Waals surface area contributed by atoms with Crippen LogP contribution in [0.4, 0.5) is 0 Å². The number of nitrogens with zero attached hydrogens (tertiary/aromatic N) is 1. The standard InChI is InChI=1S/C16H22N2O2/c1-4-14-15(19)17-12(3)16(20)18(14)10-11(2)13-8-6-5-7-9-13/h5-9,11-12,14H,4,10H2,1-3H3,(H,17,19). The average molecular weight is 274 g/mol. The van der Waals surface area contributed by atoms with E-state index in [-0.39, 0.29) is 23.8 Å². The van der Waals surface area contributed by atoms with Crippen molar-refractivity contribution in [1.29, 1.82) is 0 Å². The summed E-state index contributed by atoms with van der Waals surface area (Å²) in [7, 11) is 0. The Labute approximate surface area is 120 Å². The molecule has 2 rings (SSSR count). The Morgan fingerprint density at radius 2 is 1.90 bits per heavy atom. The maximum absolute atomic E-state index is 12.3. The van der Waals surface area contributed by atoms with Gasteiger partial charge in [0, 0.05) is 6.54 Å². The van der Waals surface area contributed by atoms with E-state index in [0.717, 1.165) is 0 Å². The van der Waals surface area contributed by atoms with Gasteiger partial charge in [-0.1, -0.05) is 44.2 Å². The molecule has 1 fully saturated rings. The fourth-order valence-corrected chi connectivity index (χ4v) is 2.72. The molecule has 1 aromatic carbocycles. The molecule has 108 valence electrons. The molecule has 1 aromatic rings. The normalized spacial score (nSPS) is 24.4. The number of amides is 2. The van der Waals surface area contributed by atoms with Crippen molar-refractivity contribution in [3.05, 3.63) is 35.9 Å². The van der Waals surface area contributed by atoms with Crippen LogP contribution in [-0.2, 0) is 9.59 Å². The Hall–Kier alpha value is -1.84. The van der Waals surface area contributed by atoms with Crippen molar-refractivity contribution in [2.45, 2.75) is 45.2 Å². The van der Waals surface area contributed by atoms with Gasteiger partial charge in [0.25, 0.3) is 0 Å². The van der Waals surface area contributed by atoms with E-state index in [9.17, 15) is 9.59 Å². The molecule has 0 saturated carbocycles. The molecule has 0 spiro atoms. The Morgan fingerprint density at radius 3 is 2.50 bits per heavy atom. The minimum atomic E-state index is -0.423. The fraction of sp³-hybridized carbons (Fsp3) is 0.500. The first kappa shape index (κ1) is 14.6. The molecular formula is C16H22N2O2. The lowest BCUT2D eigenvalue weighted by atomic mass is 9.97. The Balaban J connectivity index is 2.16. The van der Waals surface area contributed by atoms with Crippen molar-refractivity contribution in [3.8, 4) is 0 Å². The Bertz CT molecular complexity index is 487. The van der Waals surface area contributed by atoms with Gasteiger partial charge in [-0.15, -0.1) is 0 Å². The highest BCUT2D eigenvalue weighted by molar-refractivity contribution is 5.96. The van der Waals surface area contributed by atoms with Gasteiger partial charge in [-0.25, -0.2) is 0 Å². The summed E-state index contributed by atoms with van der Waals surface area (Å²) in [5.41, 5.74) is 1.19. The van der Waals surface area contributed by atoms with E-state index < -0.39 is 6.04 Å². The summed E-state index contributed by atoms with van der Waals surface area (Å²) in [4.78, 5) is 26.1. The molecule has 0 radical (unpaired) electrons. The number of rotatable bonds is 4. The molecule has 20 heavy (non-hydrogen) atoms. The van der Waals surface area contributed by atoms with Crippen LogP contribution in [0, 0.1) is 0 Å². The topological polar surface area (TPSA) is 49.4 Å². The number of carbonyl (C=O) groups excluding carboxylic acids is 2. The Kier molecular flexibility index (Phi) is 4.42. The van der Waals surface area contributed by atoms with E-state index in [0.29, 0.717) is 13.0 Å². The third-order valence-corrected chi connectivity index (χ3v) is 3.92. The first-order valence-electron chi connectivity index (χ1n) is 7.20. The maximum atomic E-state index is 12.3. The molecular weight excluding hydrogens is 252 g/mol. The van der Waals surface area contributed by atoms with Gasteiger partial charge in [-0.3, -0.25) is 9.59 Å². The van der Waals surface area contributed by atoms with Gasteiger partial charge in [0.15, 0.2) is 0 Å². The highest BCUT2D eigenvalue weighted by atomic mass is 16.2. The van der Waals surface area contributed by atoms with Crippen molar-refractivity contribution in [2.75, 3.05) is 6.54 Å². The van der Waals surface area contributed by atoms with Crippen LogP contribution in [0.1, 0.15) is 38.7 Å². The van der Waals surface area contributed by atoms with E-state index in [1.165, 1.54) is 5.56 Å². The van der Waals surface area contributed by atoms with Gasteiger partial charge in [0.1, 0.15) is 12.1 Å². The molecule has 1 saturated heterocycles. The lowest BCUT2D eigenvalue weighted by molar-refractivity contribution is -0.149. The second-order valence-corrected chi connectivity index (χ2v) is 5.46. The van der Waals surface area contributed by atoms with Gasteiger partial charge in [-0.2, -0.15) is 0 Å². The van der Waals surface area contributed by atoms with Crippen molar-refractivity contribution in [2.24, 2.45) is 0 Å². The van der Waals surface area contributed by atoms with Crippen LogP contribution in [0.15, 0.2) is 30.3 Å². The molecule has 0 aliphatic carbocycles. The fourth-order valence-electron chi connectivity index (χ4n) is 2.72. The zero-order valence-corrected chi connectivity index (χ0v) is 12.3. The van der Waals surface area contributed by atoms with Crippen LogP contribution in [0.25, 0.3) is 0 Å². The Morgan fingerprint density at radius 1 is 1.25 bits per heavy atom. The molecule has 0 aromatic heterocycles. The second-order valence-electron chi connectivity index (χ2n) is 5.46. The number of hydrogen-bond acceptors (Lipinski definition) is 2. The van der Waals surface area contributed by atoms with Crippen LogP contribution in [0.5, 0.6) is 0 Å². The van der Waals surface area contributed by atoms with Gasteiger partial charge in [-0.05, 0) is 24.8 Å². The minimum absolute atomic E-state index is 0.0132. The molecule has 1 aliphatic heterocycles. The summed E-state index contributed by atoms with van der Waals surface area (Å²) in [5, 5.41) is 2.74. The monoisotopic (exact) mass is 274 g/mol. The molecule has 3 atom stereocenters. The highest BCUT2D eigenvalue weighted by Gasteiger charge is 2.37. The van der Waals surface area contributed by atoms with Crippen molar-refractivity contribution >= 4 is 11.8 Å². The van der Waals surface area contributed by atoms with Crippen LogP contribution in [0.2, 0.25) is 0 Å². The quantitative estimate of drug-likeness (QED) is 0.912. The second kappa shape index (κ2) is 6.07. The minimum Gasteiger partial charge on any atom is -0.343 e. The largest absolute Gasteiger partial charge is 0.343 e. The van der Waals surface area contributed by atoms with Gasteiger partial charge in [0.2, 0.25) is 11.8 Å².